The van der Waals surface area contributed by atoms with Crippen molar-refractivity contribution in [3.63, 3.8) is 0 Å². The van der Waals surface area contributed by atoms with Crippen LogP contribution in [-0.2, 0) is 6.42 Å². The molecule has 0 bridgehead atoms. The highest BCUT2D eigenvalue weighted by atomic mass is 15.0. The van der Waals surface area contributed by atoms with Gasteiger partial charge in [0.15, 0.2) is 12.4 Å². The van der Waals surface area contributed by atoms with Gasteiger partial charge >= 0.3 is 0 Å². The second-order valence-corrected chi connectivity index (χ2v) is 14.7. The number of hydrogen-bond acceptors (Lipinski definition) is 2. The average molecular weight is 634 g/mol. The summed E-state index contributed by atoms with van der Waals surface area (Å²) in [6.45, 7) is 4.61. The van der Waals surface area contributed by atoms with Crippen molar-refractivity contribution in [2.75, 3.05) is 0 Å². The first kappa shape index (κ1) is 40.6. The third-order valence-electron chi connectivity index (χ3n) is 10.5. The van der Waals surface area contributed by atoms with Gasteiger partial charge in [0, 0.05) is 0 Å². The fourth-order valence-electron chi connectivity index (χ4n) is 7.54. The normalized spacial score (nSPS) is 14.0. The van der Waals surface area contributed by atoms with Gasteiger partial charge < -0.3 is 0 Å². The van der Waals surface area contributed by atoms with Gasteiger partial charge in [0.2, 0.25) is 6.17 Å². The molecule has 2 nitrogen and oxygen atoms in total. The Morgan fingerprint density at radius 1 is 0.435 bits per heavy atom. The zero-order chi connectivity index (χ0) is 32.6. The van der Waals surface area contributed by atoms with Crippen LogP contribution in [0.25, 0.3) is 0 Å². The summed E-state index contributed by atoms with van der Waals surface area (Å²) in [5.41, 5.74) is 1.48. The lowest BCUT2D eigenvalue weighted by molar-refractivity contribution is 0.284. The van der Waals surface area contributed by atoms with Crippen molar-refractivity contribution in [2.45, 2.75) is 213 Å². The number of aliphatic imine (C=N–C) groups is 2. The molecule has 1 aromatic carbocycles. The van der Waals surface area contributed by atoms with Crippen LogP contribution in [-0.4, -0.2) is 12.4 Å². The van der Waals surface area contributed by atoms with Gasteiger partial charge in [-0.3, -0.25) is 0 Å². The predicted octanol–water partition coefficient (Wildman–Crippen LogP) is 14.8. The number of hydrogen-bond donors (Lipinski definition) is 0. The van der Waals surface area contributed by atoms with Crippen LogP contribution in [0.1, 0.15) is 212 Å². The highest BCUT2D eigenvalue weighted by Crippen LogP contribution is 2.37. The number of rotatable bonds is 34. The zero-order valence-electron chi connectivity index (χ0n) is 31.0. The summed E-state index contributed by atoms with van der Waals surface area (Å²) in [4.78, 5) is 9.54. The third-order valence-corrected chi connectivity index (χ3v) is 10.5. The lowest BCUT2D eigenvalue weighted by atomic mass is 9.78. The van der Waals surface area contributed by atoms with Crippen LogP contribution in [0.3, 0.4) is 0 Å². The Balaban J connectivity index is 1.64. The number of unbranched alkanes of at least 4 members (excludes halogenated alkanes) is 26. The van der Waals surface area contributed by atoms with Crippen molar-refractivity contribution in [3.05, 3.63) is 42.1 Å². The van der Waals surface area contributed by atoms with E-state index in [-0.39, 0.29) is 0 Å². The summed E-state index contributed by atoms with van der Waals surface area (Å²) < 4.78 is 0. The van der Waals surface area contributed by atoms with Crippen LogP contribution < -0.4 is 0 Å². The summed E-state index contributed by atoms with van der Waals surface area (Å²) >= 11 is 0. The van der Waals surface area contributed by atoms with E-state index in [2.05, 4.69) is 44.2 Å². The molecular formula is C44H77N2+. The second kappa shape index (κ2) is 30.7. The minimum absolute atomic E-state index is 0.495. The first-order chi connectivity index (χ1) is 22.8. The molecule has 2 unspecified atom stereocenters. The molecule has 0 aliphatic carbocycles. The molecule has 0 radical (unpaired) electrons. The first-order valence-corrected chi connectivity index (χ1v) is 20.8. The molecule has 1 aliphatic heterocycles. The van der Waals surface area contributed by atoms with Gasteiger partial charge in [0.05, 0.1) is 5.92 Å². The van der Waals surface area contributed by atoms with E-state index < -0.39 is 0 Å². The van der Waals surface area contributed by atoms with E-state index in [1.165, 1.54) is 198 Å². The summed E-state index contributed by atoms with van der Waals surface area (Å²) in [7, 11) is 0. The molecule has 1 heterocycles. The van der Waals surface area contributed by atoms with Gasteiger partial charge in [-0.2, -0.15) is 0 Å². The molecule has 0 saturated carbocycles. The van der Waals surface area contributed by atoms with Gasteiger partial charge in [-0.15, -0.1) is 0 Å². The van der Waals surface area contributed by atoms with Crippen LogP contribution in [0.2, 0.25) is 0 Å². The summed E-state index contributed by atoms with van der Waals surface area (Å²) in [6.07, 6.45) is 48.5. The number of benzene rings is 1. The van der Waals surface area contributed by atoms with Crippen molar-refractivity contribution < 1.29 is 0 Å². The fourth-order valence-corrected chi connectivity index (χ4v) is 7.54. The smallest absolute Gasteiger partial charge is 0.0965 e. The highest BCUT2D eigenvalue weighted by molar-refractivity contribution is 6.18. The largest absolute Gasteiger partial charge is 0.244 e. The van der Waals surface area contributed by atoms with E-state index in [1.807, 2.05) is 12.4 Å². The molecule has 46 heavy (non-hydrogen) atoms. The van der Waals surface area contributed by atoms with E-state index in [1.54, 1.807) is 0 Å². The van der Waals surface area contributed by atoms with E-state index in [9.17, 15) is 0 Å². The Labute approximate surface area is 288 Å². The molecule has 1 aromatic rings. The molecule has 0 fully saturated rings. The van der Waals surface area contributed by atoms with Crippen LogP contribution in [0.15, 0.2) is 40.3 Å². The zero-order valence-corrected chi connectivity index (χ0v) is 31.0. The van der Waals surface area contributed by atoms with Crippen molar-refractivity contribution in [2.24, 2.45) is 21.8 Å². The summed E-state index contributed by atoms with van der Waals surface area (Å²) in [5.74, 6) is 1.14. The molecule has 0 amide bonds. The predicted molar refractivity (Wildman–Crippen MR) is 207 cm³/mol. The molecule has 2 rings (SSSR count). The quantitative estimate of drug-likeness (QED) is 0.0533. The fraction of sp³-hybridized carbons (Fsp3) is 0.795. The Hall–Kier alpha value is -1.57. The van der Waals surface area contributed by atoms with E-state index >= 15 is 0 Å². The summed E-state index contributed by atoms with van der Waals surface area (Å²) in [5, 5.41) is 0. The van der Waals surface area contributed by atoms with Gasteiger partial charge in [0.1, 0.15) is 0 Å². The lowest BCUT2D eigenvalue weighted by Crippen LogP contribution is -2.22. The van der Waals surface area contributed by atoms with E-state index in [0.717, 1.165) is 12.6 Å². The Morgan fingerprint density at radius 3 is 1.17 bits per heavy atom. The van der Waals surface area contributed by atoms with Crippen LogP contribution in [0, 0.1) is 18.0 Å². The molecule has 0 N–H and O–H groups in total. The standard InChI is InChI=1S/C44H77N2/c1-3-5-7-9-11-13-15-17-18-20-21-23-25-27-32-36-42(40-41-34-30-29-31-35-41)43(44-45-38-39-46-44)37-33-28-26-24-22-19-16-14-12-10-8-6-4-2/h29-31,34-35,38-39,42-43H,3-28,32-33,36-37,40H2,1-2H3/q+1. The molecular weight excluding hydrogens is 556 g/mol. The maximum absolute atomic E-state index is 4.77. The number of nitrogens with zero attached hydrogens (tertiary/aromatic N) is 2. The van der Waals surface area contributed by atoms with Gasteiger partial charge in [-0.1, -0.05) is 234 Å². The van der Waals surface area contributed by atoms with Gasteiger partial charge in [0.25, 0.3) is 0 Å². The third kappa shape index (κ3) is 22.1. The molecule has 0 aromatic heterocycles. The van der Waals surface area contributed by atoms with Crippen molar-refractivity contribution in [1.29, 1.82) is 0 Å². The van der Waals surface area contributed by atoms with Gasteiger partial charge in [-0.05, 0) is 30.7 Å². The monoisotopic (exact) mass is 634 g/mol. The molecule has 0 spiro atoms. The Bertz CT molecular complexity index is 802. The van der Waals surface area contributed by atoms with Crippen LogP contribution >= 0.6 is 0 Å². The Morgan fingerprint density at radius 2 is 0.783 bits per heavy atom. The molecule has 2 heteroatoms. The SMILES string of the molecule is CCCCCCCCCCCCCCCCCC(Cc1ccccc1)C(CCCCCCCCCCCCCCC)[C+]1N=CC=N1. The first-order valence-electron chi connectivity index (χ1n) is 20.8. The summed E-state index contributed by atoms with van der Waals surface area (Å²) in [6, 6.07) is 11.2. The average Bonchev–Trinajstić information content (AvgIpc) is 3.62. The minimum atomic E-state index is 0.495. The van der Waals surface area contributed by atoms with Crippen LogP contribution in [0.4, 0.5) is 0 Å². The van der Waals surface area contributed by atoms with Crippen molar-refractivity contribution in [3.8, 4) is 0 Å². The van der Waals surface area contributed by atoms with Crippen molar-refractivity contribution >= 4 is 12.4 Å². The van der Waals surface area contributed by atoms with Crippen LogP contribution in [0.5, 0.6) is 0 Å². The van der Waals surface area contributed by atoms with Crippen molar-refractivity contribution in [1.82, 2.24) is 0 Å². The topological polar surface area (TPSA) is 24.7 Å². The second-order valence-electron chi connectivity index (χ2n) is 14.7. The molecule has 262 valence electrons. The van der Waals surface area contributed by atoms with Gasteiger partial charge in [-0.25, -0.2) is 0 Å². The molecule has 0 saturated heterocycles. The highest BCUT2D eigenvalue weighted by Gasteiger charge is 2.35. The maximum Gasteiger partial charge on any atom is 0.244 e. The van der Waals surface area contributed by atoms with E-state index in [0.29, 0.717) is 11.8 Å². The lowest BCUT2D eigenvalue weighted by Gasteiger charge is -2.26. The molecule has 1 aliphatic rings. The minimum Gasteiger partial charge on any atom is -0.0965 e. The molecule has 2 atom stereocenters. The maximum atomic E-state index is 4.77. The van der Waals surface area contributed by atoms with E-state index in [4.69, 9.17) is 9.98 Å². The Kier molecular flexibility index (Phi) is 27.1.